The van der Waals surface area contributed by atoms with Crippen molar-refractivity contribution in [3.8, 4) is 0 Å². The zero-order valence-electron chi connectivity index (χ0n) is 14.8. The van der Waals surface area contributed by atoms with Gasteiger partial charge in [-0.15, -0.1) is 11.3 Å². The smallest absolute Gasteiger partial charge is 0.0515 e. The molecule has 0 aliphatic heterocycles. The van der Waals surface area contributed by atoms with Gasteiger partial charge in [0.05, 0.1) is 6.04 Å². The van der Waals surface area contributed by atoms with E-state index in [1.165, 1.54) is 29.7 Å². The van der Waals surface area contributed by atoms with E-state index in [9.17, 15) is 0 Å². The van der Waals surface area contributed by atoms with E-state index in [0.29, 0.717) is 6.04 Å². The van der Waals surface area contributed by atoms with E-state index >= 15 is 0 Å². The van der Waals surface area contributed by atoms with Crippen LogP contribution in [-0.2, 0) is 0 Å². The molecule has 0 aromatic carbocycles. The van der Waals surface area contributed by atoms with Gasteiger partial charge in [0.15, 0.2) is 0 Å². The van der Waals surface area contributed by atoms with Gasteiger partial charge in [-0.05, 0) is 62.8 Å². The molecule has 1 aromatic heterocycles. The van der Waals surface area contributed by atoms with E-state index in [1.54, 1.807) is 0 Å². The molecule has 0 saturated carbocycles. The number of rotatable bonds is 10. The first-order valence-corrected chi connectivity index (χ1v) is 9.50. The predicted molar refractivity (Wildman–Crippen MR) is 96.3 cm³/mol. The van der Waals surface area contributed by atoms with Gasteiger partial charge in [0.1, 0.15) is 0 Å². The minimum Gasteiger partial charge on any atom is -0.308 e. The first-order valence-electron chi connectivity index (χ1n) is 8.62. The SMILES string of the molecule is CCCNC(c1csc(C)c1)C(CC)(CC)N(CC)CC. The average molecular weight is 311 g/mol. The van der Waals surface area contributed by atoms with Crippen LogP contribution in [0.15, 0.2) is 11.4 Å². The van der Waals surface area contributed by atoms with Gasteiger partial charge in [-0.3, -0.25) is 4.90 Å². The summed E-state index contributed by atoms with van der Waals surface area (Å²) in [4.78, 5) is 4.07. The maximum absolute atomic E-state index is 3.86. The van der Waals surface area contributed by atoms with Crippen LogP contribution in [0.5, 0.6) is 0 Å². The van der Waals surface area contributed by atoms with Crippen LogP contribution in [0.25, 0.3) is 0 Å². The van der Waals surface area contributed by atoms with Crippen LogP contribution in [0, 0.1) is 6.92 Å². The number of hydrogen-bond donors (Lipinski definition) is 1. The number of hydrogen-bond acceptors (Lipinski definition) is 3. The summed E-state index contributed by atoms with van der Waals surface area (Å²) in [5, 5.41) is 6.21. The van der Waals surface area contributed by atoms with E-state index in [2.05, 4.69) is 63.2 Å². The molecule has 0 aliphatic carbocycles. The van der Waals surface area contributed by atoms with Gasteiger partial charge in [-0.2, -0.15) is 0 Å². The maximum atomic E-state index is 3.86. The van der Waals surface area contributed by atoms with Crippen molar-refractivity contribution in [1.29, 1.82) is 0 Å². The van der Waals surface area contributed by atoms with Crippen LogP contribution < -0.4 is 5.32 Å². The number of nitrogens with one attached hydrogen (secondary N) is 1. The highest BCUT2D eigenvalue weighted by Gasteiger charge is 2.40. The van der Waals surface area contributed by atoms with Crippen molar-refractivity contribution in [3.05, 3.63) is 21.9 Å². The van der Waals surface area contributed by atoms with Crippen molar-refractivity contribution in [2.45, 2.75) is 72.4 Å². The molecule has 2 nitrogen and oxygen atoms in total. The topological polar surface area (TPSA) is 15.3 Å². The van der Waals surface area contributed by atoms with E-state index in [1.807, 2.05) is 11.3 Å². The monoisotopic (exact) mass is 310 g/mol. The Balaban J connectivity index is 3.22. The second kappa shape index (κ2) is 8.92. The molecule has 0 aliphatic rings. The Morgan fingerprint density at radius 3 is 2.14 bits per heavy atom. The van der Waals surface area contributed by atoms with Gasteiger partial charge in [0.2, 0.25) is 0 Å². The Labute approximate surface area is 135 Å². The molecule has 0 saturated heterocycles. The van der Waals surface area contributed by atoms with E-state index in [0.717, 1.165) is 19.6 Å². The minimum absolute atomic E-state index is 0.214. The van der Waals surface area contributed by atoms with Crippen molar-refractivity contribution >= 4 is 11.3 Å². The summed E-state index contributed by atoms with van der Waals surface area (Å²) in [6.07, 6.45) is 3.55. The second-order valence-electron chi connectivity index (χ2n) is 5.86. The van der Waals surface area contributed by atoms with Gasteiger partial charge in [0.25, 0.3) is 0 Å². The summed E-state index contributed by atoms with van der Waals surface area (Å²) >= 11 is 1.87. The molecule has 1 N–H and O–H groups in total. The molecule has 1 heterocycles. The van der Waals surface area contributed by atoms with E-state index in [-0.39, 0.29) is 5.54 Å². The minimum atomic E-state index is 0.214. The van der Waals surface area contributed by atoms with Crippen LogP contribution in [0.1, 0.15) is 70.4 Å². The van der Waals surface area contributed by atoms with Gasteiger partial charge in [-0.25, -0.2) is 0 Å². The summed E-state index contributed by atoms with van der Waals surface area (Å²) in [6.45, 7) is 17.1. The molecule has 1 atom stereocenters. The van der Waals surface area contributed by atoms with Crippen LogP contribution in [0.2, 0.25) is 0 Å². The number of aryl methyl sites for hydroxylation is 1. The Bertz CT molecular complexity index is 392. The molecule has 1 aromatic rings. The summed E-state index contributed by atoms with van der Waals surface area (Å²) in [5.74, 6) is 0. The highest BCUT2D eigenvalue weighted by atomic mass is 32.1. The normalized spacial score (nSPS) is 13.9. The van der Waals surface area contributed by atoms with Crippen LogP contribution in [-0.4, -0.2) is 30.1 Å². The third-order valence-electron chi connectivity index (χ3n) is 4.84. The largest absolute Gasteiger partial charge is 0.308 e. The first kappa shape index (κ1) is 18.7. The molecule has 1 unspecified atom stereocenters. The van der Waals surface area contributed by atoms with Gasteiger partial charge in [-0.1, -0.05) is 34.6 Å². The van der Waals surface area contributed by atoms with E-state index in [4.69, 9.17) is 0 Å². The van der Waals surface area contributed by atoms with Gasteiger partial charge < -0.3 is 5.32 Å². The van der Waals surface area contributed by atoms with Gasteiger partial charge in [0, 0.05) is 10.4 Å². The number of thiophene rings is 1. The summed E-state index contributed by atoms with van der Waals surface area (Å²) in [7, 11) is 0. The fraction of sp³-hybridized carbons (Fsp3) is 0.778. The maximum Gasteiger partial charge on any atom is 0.0515 e. The summed E-state index contributed by atoms with van der Waals surface area (Å²) in [5.41, 5.74) is 1.69. The lowest BCUT2D eigenvalue weighted by molar-refractivity contribution is 0.0488. The molecule has 21 heavy (non-hydrogen) atoms. The standard InChI is InChI=1S/C18H34N2S/c1-7-12-19-17(16-13-15(6)21-14-16)18(8-2,9-3)20(10-4)11-5/h13-14,17,19H,7-12H2,1-6H3. The van der Waals surface area contributed by atoms with Crippen molar-refractivity contribution in [3.63, 3.8) is 0 Å². The number of likely N-dealkylation sites (N-methyl/N-ethyl adjacent to an activating group) is 1. The Hall–Kier alpha value is -0.380. The van der Waals surface area contributed by atoms with Gasteiger partial charge >= 0.3 is 0 Å². The molecule has 0 bridgehead atoms. The van der Waals surface area contributed by atoms with Crippen molar-refractivity contribution in [2.24, 2.45) is 0 Å². The Morgan fingerprint density at radius 1 is 1.14 bits per heavy atom. The van der Waals surface area contributed by atoms with Crippen LogP contribution in [0.3, 0.4) is 0 Å². The van der Waals surface area contributed by atoms with Crippen molar-refractivity contribution in [2.75, 3.05) is 19.6 Å². The fourth-order valence-corrected chi connectivity index (χ4v) is 4.39. The average Bonchev–Trinajstić information content (AvgIpc) is 2.93. The highest BCUT2D eigenvalue weighted by Crippen LogP contribution is 2.38. The lowest BCUT2D eigenvalue weighted by Crippen LogP contribution is -2.56. The third kappa shape index (κ3) is 4.08. The molecule has 0 radical (unpaired) electrons. The first-order chi connectivity index (χ1) is 10.1. The second-order valence-corrected chi connectivity index (χ2v) is 6.98. The molecule has 0 fully saturated rings. The Kier molecular flexibility index (Phi) is 7.93. The fourth-order valence-electron chi connectivity index (χ4n) is 3.66. The molecule has 0 spiro atoms. The van der Waals surface area contributed by atoms with Crippen molar-refractivity contribution in [1.82, 2.24) is 10.2 Å². The quantitative estimate of drug-likeness (QED) is 0.654. The number of nitrogens with zero attached hydrogens (tertiary/aromatic N) is 1. The summed E-state index contributed by atoms with van der Waals surface area (Å²) in [6, 6.07) is 2.80. The van der Waals surface area contributed by atoms with Crippen LogP contribution in [0.4, 0.5) is 0 Å². The van der Waals surface area contributed by atoms with E-state index < -0.39 is 0 Å². The highest BCUT2D eigenvalue weighted by molar-refractivity contribution is 7.10. The predicted octanol–water partition coefficient (Wildman–Crippen LogP) is 5.00. The molecular formula is C18H34N2S. The zero-order valence-corrected chi connectivity index (χ0v) is 15.6. The van der Waals surface area contributed by atoms with Crippen LogP contribution >= 0.6 is 11.3 Å². The third-order valence-corrected chi connectivity index (χ3v) is 5.72. The molecule has 0 amide bonds. The summed E-state index contributed by atoms with van der Waals surface area (Å²) < 4.78 is 0. The lowest BCUT2D eigenvalue weighted by atomic mass is 9.79. The molecular weight excluding hydrogens is 276 g/mol. The molecule has 122 valence electrons. The zero-order chi connectivity index (χ0) is 15.9. The van der Waals surface area contributed by atoms with Crippen molar-refractivity contribution < 1.29 is 0 Å². The molecule has 3 heteroatoms. The lowest BCUT2D eigenvalue weighted by Gasteiger charge is -2.48. The molecule has 1 rings (SSSR count). The Morgan fingerprint density at radius 2 is 1.76 bits per heavy atom.